The number of thioether (sulfide) groups is 1. The van der Waals surface area contributed by atoms with Gasteiger partial charge in [-0.15, -0.1) is 0 Å². The van der Waals surface area contributed by atoms with Crippen LogP contribution in [0.4, 0.5) is 10.1 Å². The number of nitrogens with one attached hydrogen (secondary N) is 1. The van der Waals surface area contributed by atoms with Crippen LogP contribution in [0, 0.1) is 5.82 Å². The average molecular weight is 465 g/mol. The van der Waals surface area contributed by atoms with Gasteiger partial charge >= 0.3 is 0 Å². The van der Waals surface area contributed by atoms with E-state index in [9.17, 15) is 9.18 Å². The van der Waals surface area contributed by atoms with Crippen LogP contribution in [0.1, 0.15) is 31.9 Å². The molecule has 0 saturated carbocycles. The molecule has 33 heavy (non-hydrogen) atoms. The highest BCUT2D eigenvalue weighted by Crippen LogP contribution is 2.32. The van der Waals surface area contributed by atoms with Gasteiger partial charge in [-0.2, -0.15) is 0 Å². The van der Waals surface area contributed by atoms with Crippen LogP contribution in [0.15, 0.2) is 72.0 Å². The molecule has 2 heterocycles. The van der Waals surface area contributed by atoms with Crippen molar-refractivity contribution in [2.75, 3.05) is 11.9 Å². The Morgan fingerprint density at radius 2 is 1.91 bits per heavy atom. The van der Waals surface area contributed by atoms with Crippen LogP contribution < -0.4 is 10.1 Å². The van der Waals surface area contributed by atoms with Crippen LogP contribution in [-0.4, -0.2) is 27.0 Å². The summed E-state index contributed by atoms with van der Waals surface area (Å²) in [6, 6.07) is 17.1. The number of anilines is 1. The monoisotopic (exact) mass is 464 g/mol. The minimum Gasteiger partial charge on any atom is -0.492 e. The number of fused-ring (bicyclic) bond motifs is 1. The Kier molecular flexibility index (Phi) is 7.24. The Balaban J connectivity index is 1.67. The summed E-state index contributed by atoms with van der Waals surface area (Å²) in [5, 5.41) is 3.62. The number of benzene rings is 2. The maximum absolute atomic E-state index is 14.2. The molecular weight excluding hydrogens is 439 g/mol. The molecule has 2 aromatic carbocycles. The molecule has 1 atom stereocenters. The maximum Gasteiger partial charge on any atom is 0.247 e. The highest BCUT2D eigenvalue weighted by atomic mass is 32.2. The summed E-state index contributed by atoms with van der Waals surface area (Å²) in [7, 11) is 0. The summed E-state index contributed by atoms with van der Waals surface area (Å²) >= 11 is 1.39. The number of carbonyl (C=O) groups is 1. The summed E-state index contributed by atoms with van der Waals surface area (Å²) in [5.74, 6) is 0.553. The molecule has 170 valence electrons. The van der Waals surface area contributed by atoms with Crippen molar-refractivity contribution in [1.82, 2.24) is 14.5 Å². The van der Waals surface area contributed by atoms with Crippen LogP contribution in [0.2, 0.25) is 0 Å². The topological polar surface area (TPSA) is 69.0 Å². The molecule has 6 nitrogen and oxygen atoms in total. The van der Waals surface area contributed by atoms with Crippen molar-refractivity contribution in [3.05, 3.63) is 78.2 Å². The molecule has 0 aliphatic rings. The molecular formula is C25H25FN4O2S. The largest absolute Gasteiger partial charge is 0.492 e. The molecule has 0 saturated heterocycles. The van der Waals surface area contributed by atoms with E-state index in [-0.39, 0.29) is 11.7 Å². The van der Waals surface area contributed by atoms with Crippen LogP contribution >= 0.6 is 11.8 Å². The molecule has 0 unspecified atom stereocenters. The van der Waals surface area contributed by atoms with E-state index in [1.807, 2.05) is 60.9 Å². The standard InChI is InChI=1S/C25H25FN4O2S/c1-3-21(24(31)28-19-12-7-8-14-22(19)32-4-2)30-23-20(13-9-15-27-23)29-25(30)33-16-17-10-5-6-11-18(17)26/h5-15,21H,3-4,16H2,1-2H3,(H,28,31)/t21-/m0/s1. The molecule has 0 radical (unpaired) electrons. The van der Waals surface area contributed by atoms with Gasteiger partial charge in [0, 0.05) is 11.9 Å². The van der Waals surface area contributed by atoms with Crippen molar-refractivity contribution in [2.45, 2.75) is 37.2 Å². The van der Waals surface area contributed by atoms with E-state index < -0.39 is 6.04 Å². The molecule has 1 N–H and O–H groups in total. The van der Waals surface area contributed by atoms with Crippen molar-refractivity contribution in [3.8, 4) is 5.75 Å². The van der Waals surface area contributed by atoms with Crippen molar-refractivity contribution in [1.29, 1.82) is 0 Å². The summed E-state index contributed by atoms with van der Waals surface area (Å²) < 4.78 is 21.7. The van der Waals surface area contributed by atoms with Gasteiger partial charge in [0.15, 0.2) is 10.8 Å². The average Bonchev–Trinajstić information content (AvgIpc) is 3.19. The fraction of sp³-hybridized carbons (Fsp3) is 0.240. The maximum atomic E-state index is 14.2. The Morgan fingerprint density at radius 3 is 2.70 bits per heavy atom. The number of para-hydroxylation sites is 2. The number of amides is 1. The number of carbonyl (C=O) groups excluding carboxylic acids is 1. The normalized spacial score (nSPS) is 12.0. The van der Waals surface area contributed by atoms with Crippen LogP contribution in [0.5, 0.6) is 5.75 Å². The third-order valence-electron chi connectivity index (χ3n) is 5.18. The minimum absolute atomic E-state index is 0.192. The van der Waals surface area contributed by atoms with Gasteiger partial charge in [0.2, 0.25) is 5.91 Å². The smallest absolute Gasteiger partial charge is 0.247 e. The fourth-order valence-electron chi connectivity index (χ4n) is 3.60. The minimum atomic E-state index is -0.553. The highest BCUT2D eigenvalue weighted by Gasteiger charge is 2.26. The van der Waals surface area contributed by atoms with Gasteiger partial charge in [0.05, 0.1) is 12.3 Å². The Hall–Kier alpha value is -3.39. The first-order valence-electron chi connectivity index (χ1n) is 10.8. The summed E-state index contributed by atoms with van der Waals surface area (Å²) in [5.41, 5.74) is 2.50. The lowest BCUT2D eigenvalue weighted by atomic mass is 10.2. The second kappa shape index (κ2) is 10.5. The fourth-order valence-corrected chi connectivity index (χ4v) is 4.64. The van der Waals surface area contributed by atoms with E-state index in [1.165, 1.54) is 17.8 Å². The van der Waals surface area contributed by atoms with E-state index in [1.54, 1.807) is 18.3 Å². The molecule has 0 spiro atoms. The van der Waals surface area contributed by atoms with Gasteiger partial charge in [-0.25, -0.2) is 14.4 Å². The first-order valence-corrected chi connectivity index (χ1v) is 11.8. The number of ether oxygens (including phenoxy) is 1. The first-order chi connectivity index (χ1) is 16.1. The van der Waals surface area contributed by atoms with Crippen LogP contribution in [-0.2, 0) is 10.5 Å². The number of hydrogen-bond acceptors (Lipinski definition) is 5. The van der Waals surface area contributed by atoms with Gasteiger partial charge in [0.25, 0.3) is 0 Å². The molecule has 1 amide bonds. The van der Waals surface area contributed by atoms with Crippen molar-refractivity contribution >= 4 is 34.5 Å². The van der Waals surface area contributed by atoms with Gasteiger partial charge in [0.1, 0.15) is 23.1 Å². The number of aromatic nitrogens is 3. The van der Waals surface area contributed by atoms with Gasteiger partial charge in [-0.1, -0.05) is 49.0 Å². The van der Waals surface area contributed by atoms with E-state index in [0.29, 0.717) is 52.1 Å². The highest BCUT2D eigenvalue weighted by molar-refractivity contribution is 7.98. The molecule has 8 heteroatoms. The molecule has 0 aliphatic carbocycles. The zero-order chi connectivity index (χ0) is 23.2. The predicted molar refractivity (Wildman–Crippen MR) is 129 cm³/mol. The molecule has 2 aromatic heterocycles. The summed E-state index contributed by atoms with van der Waals surface area (Å²) in [4.78, 5) is 22.6. The molecule has 0 bridgehead atoms. The van der Waals surface area contributed by atoms with Gasteiger partial charge in [-0.3, -0.25) is 9.36 Å². The Morgan fingerprint density at radius 1 is 1.12 bits per heavy atom. The second-order valence-corrected chi connectivity index (χ2v) is 8.28. The number of hydrogen-bond donors (Lipinski definition) is 1. The molecule has 0 aliphatic heterocycles. The molecule has 0 fully saturated rings. The quantitative estimate of drug-likeness (QED) is 0.315. The lowest BCUT2D eigenvalue weighted by Crippen LogP contribution is -2.26. The Labute approximate surface area is 196 Å². The van der Waals surface area contributed by atoms with Crippen molar-refractivity contribution in [3.63, 3.8) is 0 Å². The molecule has 4 rings (SSSR count). The predicted octanol–water partition coefficient (Wildman–Crippen LogP) is 5.85. The first kappa shape index (κ1) is 22.8. The van der Waals surface area contributed by atoms with Crippen LogP contribution in [0.3, 0.4) is 0 Å². The SMILES string of the molecule is CCOc1ccccc1NC(=O)[C@H](CC)n1c(SCc2ccccc2F)nc2cccnc21. The lowest BCUT2D eigenvalue weighted by Gasteiger charge is -2.20. The van der Waals surface area contributed by atoms with Crippen molar-refractivity contribution in [2.24, 2.45) is 0 Å². The Bertz CT molecular complexity index is 1260. The number of pyridine rings is 1. The van der Waals surface area contributed by atoms with Gasteiger partial charge < -0.3 is 10.1 Å². The van der Waals surface area contributed by atoms with Gasteiger partial charge in [-0.05, 0) is 49.2 Å². The summed E-state index contributed by atoms with van der Waals surface area (Å²) in [6.07, 6.45) is 2.21. The second-order valence-electron chi connectivity index (χ2n) is 7.33. The zero-order valence-corrected chi connectivity index (χ0v) is 19.3. The number of rotatable bonds is 9. The number of halogens is 1. The number of imidazole rings is 1. The van der Waals surface area contributed by atoms with E-state index >= 15 is 0 Å². The third-order valence-corrected chi connectivity index (χ3v) is 6.18. The summed E-state index contributed by atoms with van der Waals surface area (Å²) in [6.45, 7) is 4.34. The molecule has 4 aromatic rings. The van der Waals surface area contributed by atoms with Crippen LogP contribution in [0.25, 0.3) is 11.2 Å². The third kappa shape index (κ3) is 5.01. The zero-order valence-electron chi connectivity index (χ0n) is 18.5. The van der Waals surface area contributed by atoms with E-state index in [4.69, 9.17) is 9.72 Å². The lowest BCUT2D eigenvalue weighted by molar-refractivity contribution is -0.119. The van der Waals surface area contributed by atoms with Crippen molar-refractivity contribution < 1.29 is 13.9 Å². The van der Waals surface area contributed by atoms with E-state index in [0.717, 1.165) is 0 Å². The number of nitrogens with zero attached hydrogens (tertiary/aromatic N) is 3. The van der Waals surface area contributed by atoms with E-state index in [2.05, 4.69) is 10.3 Å².